The van der Waals surface area contributed by atoms with Gasteiger partial charge in [-0.05, 0) is 18.9 Å². The Kier molecular flexibility index (Phi) is 7.76. The molecule has 0 radical (unpaired) electrons. The summed E-state index contributed by atoms with van der Waals surface area (Å²) in [6.07, 6.45) is 1.14. The maximum atomic E-state index is 8.64. The molecule has 1 aliphatic rings. The summed E-state index contributed by atoms with van der Waals surface area (Å²) < 4.78 is 12.2. The maximum absolute atomic E-state index is 8.64. The predicted molar refractivity (Wildman–Crippen MR) is 84.8 cm³/mol. The van der Waals surface area contributed by atoms with Crippen molar-refractivity contribution < 1.29 is 37.9 Å². The molecule has 0 spiro atoms. The molecule has 0 amide bonds. The van der Waals surface area contributed by atoms with Crippen LogP contribution in [0.2, 0.25) is 0 Å². The Labute approximate surface area is 155 Å². The van der Waals surface area contributed by atoms with Crippen molar-refractivity contribution in [1.82, 2.24) is 0 Å². The summed E-state index contributed by atoms with van der Waals surface area (Å²) in [6, 6.07) is 10.5. The summed E-state index contributed by atoms with van der Waals surface area (Å²) >= 11 is 0. The van der Waals surface area contributed by atoms with Crippen LogP contribution in [0, 0.1) is 0 Å². The van der Waals surface area contributed by atoms with E-state index in [0.717, 1.165) is 12.8 Å². The summed E-state index contributed by atoms with van der Waals surface area (Å²) in [5.74, 6) is 0. The average Bonchev–Trinajstić information content (AvgIpc) is 2.55. The molecule has 1 aromatic carbocycles. The van der Waals surface area contributed by atoms with Gasteiger partial charge < -0.3 is 28.7 Å². The van der Waals surface area contributed by atoms with E-state index in [1.165, 1.54) is 5.56 Å². The average molecular weight is 432 g/mol. The van der Waals surface area contributed by atoms with Crippen molar-refractivity contribution in [1.29, 1.82) is 0 Å². The Hall–Kier alpha value is -0.860. The molecule has 0 unspecified atom stereocenters. The number of benzene rings is 1. The number of azide groups is 1. The third-order valence-electron chi connectivity index (χ3n) is 4.77. The number of hydrogen-bond donors (Lipinski definition) is 0. The van der Waals surface area contributed by atoms with E-state index in [2.05, 4.69) is 55.3 Å². The zero-order valence-corrected chi connectivity index (χ0v) is 16.3. The number of halogens is 1. The number of methoxy groups -OCH3 is 1. The van der Waals surface area contributed by atoms with Gasteiger partial charge in [0.05, 0.1) is 20.1 Å². The van der Waals surface area contributed by atoms with Crippen molar-refractivity contribution in [2.45, 2.75) is 44.4 Å². The van der Waals surface area contributed by atoms with Crippen LogP contribution in [0.5, 0.6) is 0 Å². The van der Waals surface area contributed by atoms with Crippen LogP contribution in [0.4, 0.5) is 0 Å². The van der Waals surface area contributed by atoms with E-state index in [1.54, 1.807) is 7.11 Å². The number of nitrogens with zero attached hydrogens (tertiary/aromatic N) is 4. The predicted octanol–water partition coefficient (Wildman–Crippen LogP) is 0.616. The van der Waals surface area contributed by atoms with Gasteiger partial charge in [0.15, 0.2) is 12.5 Å². The van der Waals surface area contributed by atoms with Crippen LogP contribution in [0.1, 0.15) is 31.4 Å². The zero-order valence-electron chi connectivity index (χ0n) is 14.1. The summed E-state index contributed by atoms with van der Waals surface area (Å²) in [5, 5.41) is 3.78. The van der Waals surface area contributed by atoms with E-state index < -0.39 is 6.29 Å². The van der Waals surface area contributed by atoms with Crippen molar-refractivity contribution in [2.24, 2.45) is 5.11 Å². The molecule has 1 aromatic rings. The summed E-state index contributed by atoms with van der Waals surface area (Å²) in [6.45, 7) is 2.21. The van der Waals surface area contributed by atoms with Crippen molar-refractivity contribution in [3.8, 4) is 0 Å². The van der Waals surface area contributed by atoms with Crippen molar-refractivity contribution in [3.05, 3.63) is 46.3 Å². The summed E-state index contributed by atoms with van der Waals surface area (Å²) in [7, 11) is 5.93. The monoisotopic (exact) mass is 432 g/mol. The van der Waals surface area contributed by atoms with E-state index in [4.69, 9.17) is 15.0 Å². The minimum Gasteiger partial charge on any atom is -1.00 e. The molecule has 4 atom stereocenters. The standard InChI is InChI=1S/C16H25N4O2.HI/c1-12(13-8-6-5-7-9-13)20(2,3)15-11-10-14(18-19-17)16(21-4)22-15;/h5-9,12,14-16H,10-11H2,1-4H3;1H/q+1;/p-1/t12-,14-,15+,16+;/m1./s1. The molecule has 1 fully saturated rings. The Morgan fingerprint density at radius 3 is 2.52 bits per heavy atom. The summed E-state index contributed by atoms with van der Waals surface area (Å²) in [4.78, 5) is 2.89. The quantitative estimate of drug-likeness (QED) is 0.225. The Morgan fingerprint density at radius 1 is 1.30 bits per heavy atom. The molecule has 1 heterocycles. The Bertz CT molecular complexity index is 534. The highest BCUT2D eigenvalue weighted by molar-refractivity contribution is 5.16. The molecule has 128 valence electrons. The highest BCUT2D eigenvalue weighted by Crippen LogP contribution is 2.34. The topological polar surface area (TPSA) is 67.2 Å². The van der Waals surface area contributed by atoms with Gasteiger partial charge in [-0.15, -0.1) is 0 Å². The molecule has 23 heavy (non-hydrogen) atoms. The summed E-state index contributed by atoms with van der Waals surface area (Å²) in [5.41, 5.74) is 9.92. The van der Waals surface area contributed by atoms with Gasteiger partial charge in [-0.3, -0.25) is 9.22 Å². The second-order valence-electron chi connectivity index (χ2n) is 6.26. The molecule has 7 heteroatoms. The van der Waals surface area contributed by atoms with Gasteiger partial charge in [-0.1, -0.05) is 35.4 Å². The molecular formula is C16H25IN4O2. The van der Waals surface area contributed by atoms with Crippen molar-refractivity contribution >= 4 is 0 Å². The van der Waals surface area contributed by atoms with Crippen LogP contribution >= 0.6 is 0 Å². The Balaban J connectivity index is 0.00000264. The third-order valence-corrected chi connectivity index (χ3v) is 4.77. The first-order valence-corrected chi connectivity index (χ1v) is 7.61. The van der Waals surface area contributed by atoms with Gasteiger partial charge in [0.2, 0.25) is 0 Å². The fourth-order valence-corrected chi connectivity index (χ4v) is 3.01. The number of rotatable bonds is 5. The normalized spacial score (nSPS) is 25.8. The molecule has 0 saturated carbocycles. The van der Waals surface area contributed by atoms with Crippen LogP contribution < -0.4 is 24.0 Å². The zero-order chi connectivity index (χ0) is 16.2. The lowest BCUT2D eigenvalue weighted by Gasteiger charge is -2.46. The molecule has 0 bridgehead atoms. The van der Waals surface area contributed by atoms with Crippen LogP contribution in [-0.2, 0) is 9.47 Å². The minimum atomic E-state index is -0.477. The largest absolute Gasteiger partial charge is 1.00 e. The number of ether oxygens (including phenoxy) is 2. The van der Waals surface area contributed by atoms with Gasteiger partial charge in [0.25, 0.3) is 0 Å². The van der Waals surface area contributed by atoms with E-state index in [0.29, 0.717) is 10.5 Å². The first kappa shape index (κ1) is 20.2. The fraction of sp³-hybridized carbons (Fsp3) is 0.625. The Morgan fingerprint density at radius 2 is 1.96 bits per heavy atom. The molecule has 2 rings (SSSR count). The molecule has 6 nitrogen and oxygen atoms in total. The van der Waals surface area contributed by atoms with Gasteiger partial charge in [-0.2, -0.15) is 0 Å². The lowest BCUT2D eigenvalue weighted by atomic mass is 10.0. The van der Waals surface area contributed by atoms with Crippen molar-refractivity contribution in [3.63, 3.8) is 0 Å². The van der Waals surface area contributed by atoms with E-state index in [9.17, 15) is 0 Å². The molecule has 0 N–H and O–H groups in total. The molecular weight excluding hydrogens is 407 g/mol. The molecule has 1 saturated heterocycles. The number of quaternary nitrogens is 1. The molecule has 0 aliphatic carbocycles. The minimum absolute atomic E-state index is 0. The second kappa shape index (κ2) is 8.84. The van der Waals surface area contributed by atoms with Crippen LogP contribution in [0.25, 0.3) is 10.4 Å². The lowest BCUT2D eigenvalue weighted by Crippen LogP contribution is -3.00. The van der Waals surface area contributed by atoms with Crippen LogP contribution in [0.3, 0.4) is 0 Å². The lowest BCUT2D eigenvalue weighted by molar-refractivity contribution is -0.967. The first-order valence-electron chi connectivity index (χ1n) is 7.61. The van der Waals surface area contributed by atoms with E-state index in [1.807, 2.05) is 6.07 Å². The fourth-order valence-electron chi connectivity index (χ4n) is 3.01. The third kappa shape index (κ3) is 4.58. The van der Waals surface area contributed by atoms with Crippen LogP contribution in [-0.4, -0.2) is 44.2 Å². The van der Waals surface area contributed by atoms with E-state index in [-0.39, 0.29) is 36.2 Å². The van der Waals surface area contributed by atoms with Gasteiger partial charge in [-0.25, -0.2) is 0 Å². The van der Waals surface area contributed by atoms with Crippen molar-refractivity contribution in [2.75, 3.05) is 21.2 Å². The molecule has 0 aromatic heterocycles. The highest BCUT2D eigenvalue weighted by atomic mass is 127. The maximum Gasteiger partial charge on any atom is 0.196 e. The number of hydrogen-bond acceptors (Lipinski definition) is 3. The van der Waals surface area contributed by atoms with Gasteiger partial charge in [0.1, 0.15) is 6.04 Å². The van der Waals surface area contributed by atoms with Gasteiger partial charge in [0, 0.05) is 24.0 Å². The smallest absolute Gasteiger partial charge is 0.196 e. The SMILES string of the molecule is CO[C@H]1O[C@H]([N+](C)(C)[C@H](C)c2ccccc2)CC[C@H]1N=[N+]=[N-].[I-]. The first-order chi connectivity index (χ1) is 10.5. The van der Waals surface area contributed by atoms with Gasteiger partial charge >= 0.3 is 0 Å². The second-order valence-corrected chi connectivity index (χ2v) is 6.26. The van der Waals surface area contributed by atoms with E-state index >= 15 is 0 Å². The molecule has 1 aliphatic heterocycles. The van der Waals surface area contributed by atoms with Crippen LogP contribution in [0.15, 0.2) is 35.4 Å². The highest BCUT2D eigenvalue weighted by Gasteiger charge is 2.42.